The summed E-state index contributed by atoms with van der Waals surface area (Å²) in [5, 5.41) is 2.00. The second kappa shape index (κ2) is 6.46. The van der Waals surface area contributed by atoms with E-state index in [1.165, 1.54) is 11.1 Å². The lowest BCUT2D eigenvalue weighted by Crippen LogP contribution is -2.48. The summed E-state index contributed by atoms with van der Waals surface area (Å²) in [5.41, 5.74) is 8.95. The Kier molecular flexibility index (Phi) is 4.15. The van der Waals surface area contributed by atoms with Crippen LogP contribution < -0.4 is 5.73 Å². The maximum Gasteiger partial charge on any atom is 0.236 e. The van der Waals surface area contributed by atoms with Crippen molar-refractivity contribution in [3.05, 3.63) is 64.4 Å². The maximum absolute atomic E-state index is 12.0. The highest BCUT2D eigenvalue weighted by molar-refractivity contribution is 7.13. The molecule has 0 saturated carbocycles. The molecule has 2 N–H and O–H groups in total. The topological polar surface area (TPSA) is 72.4 Å². The van der Waals surface area contributed by atoms with Gasteiger partial charge in [0.05, 0.1) is 16.6 Å². The van der Waals surface area contributed by atoms with Gasteiger partial charge >= 0.3 is 0 Å². The SMILES string of the molecule is Cc1oc(-c2cccs2)nc1CN1Cc2ccccc2C[C@H]1C(N)=O. The average molecular weight is 353 g/mol. The first kappa shape index (κ1) is 16.1. The van der Waals surface area contributed by atoms with Crippen LogP contribution >= 0.6 is 11.3 Å². The normalized spacial score (nSPS) is 17.4. The molecule has 1 atom stereocenters. The number of carbonyl (C=O) groups excluding carboxylic acids is 1. The highest BCUT2D eigenvalue weighted by atomic mass is 32.1. The summed E-state index contributed by atoms with van der Waals surface area (Å²) in [5.74, 6) is 1.12. The van der Waals surface area contributed by atoms with E-state index < -0.39 is 0 Å². The number of carbonyl (C=O) groups is 1. The summed E-state index contributed by atoms with van der Waals surface area (Å²) in [4.78, 5) is 19.7. The first-order chi connectivity index (χ1) is 12.1. The minimum atomic E-state index is -0.323. The second-order valence-electron chi connectivity index (χ2n) is 6.30. The molecule has 25 heavy (non-hydrogen) atoms. The quantitative estimate of drug-likeness (QED) is 0.782. The lowest BCUT2D eigenvalue weighted by molar-refractivity contribution is -0.124. The summed E-state index contributed by atoms with van der Waals surface area (Å²) in [6.07, 6.45) is 0.639. The van der Waals surface area contributed by atoms with Crippen molar-refractivity contribution in [1.82, 2.24) is 9.88 Å². The molecule has 3 heterocycles. The lowest BCUT2D eigenvalue weighted by Gasteiger charge is -2.34. The first-order valence-electron chi connectivity index (χ1n) is 8.22. The number of fused-ring (bicyclic) bond motifs is 1. The fourth-order valence-electron chi connectivity index (χ4n) is 3.30. The molecule has 3 aromatic rings. The molecule has 0 bridgehead atoms. The van der Waals surface area contributed by atoms with Crippen LogP contribution in [0.25, 0.3) is 10.8 Å². The van der Waals surface area contributed by atoms with Gasteiger partial charge in [-0.3, -0.25) is 9.69 Å². The lowest BCUT2D eigenvalue weighted by atomic mass is 9.93. The van der Waals surface area contributed by atoms with E-state index in [-0.39, 0.29) is 11.9 Å². The van der Waals surface area contributed by atoms with Crippen molar-refractivity contribution in [3.8, 4) is 10.8 Å². The summed E-state index contributed by atoms with van der Waals surface area (Å²) in [6, 6.07) is 11.8. The molecule has 0 aliphatic carbocycles. The predicted octanol–water partition coefficient (Wildman–Crippen LogP) is 3.12. The number of amides is 1. The van der Waals surface area contributed by atoms with Crippen molar-refractivity contribution >= 4 is 17.2 Å². The zero-order chi connectivity index (χ0) is 17.4. The molecule has 6 heteroatoms. The number of rotatable bonds is 4. The van der Waals surface area contributed by atoms with E-state index >= 15 is 0 Å². The van der Waals surface area contributed by atoms with E-state index in [4.69, 9.17) is 10.2 Å². The number of nitrogens with two attached hydrogens (primary N) is 1. The van der Waals surface area contributed by atoms with Gasteiger partial charge in [0.1, 0.15) is 5.76 Å². The van der Waals surface area contributed by atoms with Crippen LogP contribution in [0.1, 0.15) is 22.6 Å². The Balaban J connectivity index is 1.62. The van der Waals surface area contributed by atoms with Gasteiger partial charge in [-0.2, -0.15) is 0 Å². The highest BCUT2D eigenvalue weighted by Gasteiger charge is 2.31. The Morgan fingerprint density at radius 2 is 2.12 bits per heavy atom. The van der Waals surface area contributed by atoms with E-state index in [2.05, 4.69) is 22.0 Å². The molecule has 1 aliphatic heterocycles. The minimum absolute atomic E-state index is 0.297. The van der Waals surface area contributed by atoms with E-state index in [1.54, 1.807) is 11.3 Å². The van der Waals surface area contributed by atoms with Crippen LogP contribution in [0.2, 0.25) is 0 Å². The Morgan fingerprint density at radius 1 is 1.32 bits per heavy atom. The van der Waals surface area contributed by atoms with E-state index in [0.29, 0.717) is 25.4 Å². The first-order valence-corrected chi connectivity index (χ1v) is 9.10. The van der Waals surface area contributed by atoms with Crippen molar-refractivity contribution in [2.24, 2.45) is 5.73 Å². The number of hydrogen-bond acceptors (Lipinski definition) is 5. The Hall–Kier alpha value is -2.44. The molecule has 1 amide bonds. The van der Waals surface area contributed by atoms with Gasteiger partial charge in [0.2, 0.25) is 11.8 Å². The standard InChI is InChI=1S/C19H19N3O2S/c1-12-15(21-19(24-12)17-7-4-8-25-17)11-22-10-14-6-3-2-5-13(14)9-16(22)18(20)23/h2-8,16H,9-11H2,1H3,(H2,20,23)/t16-/m0/s1. The maximum atomic E-state index is 12.0. The number of primary amides is 1. The van der Waals surface area contributed by atoms with Gasteiger partial charge in [-0.1, -0.05) is 30.3 Å². The van der Waals surface area contributed by atoms with Gasteiger partial charge < -0.3 is 10.2 Å². The molecular weight excluding hydrogens is 334 g/mol. The Bertz CT molecular complexity index is 901. The molecule has 0 unspecified atom stereocenters. The molecule has 128 valence electrons. The van der Waals surface area contributed by atoms with E-state index in [0.717, 1.165) is 16.3 Å². The molecular formula is C19H19N3O2S. The molecule has 0 saturated heterocycles. The third-order valence-corrected chi connectivity index (χ3v) is 5.51. The smallest absolute Gasteiger partial charge is 0.236 e. The number of aromatic nitrogens is 1. The van der Waals surface area contributed by atoms with Gasteiger partial charge in [-0.25, -0.2) is 4.98 Å². The second-order valence-corrected chi connectivity index (χ2v) is 7.24. The van der Waals surface area contributed by atoms with E-state index in [9.17, 15) is 4.79 Å². The summed E-state index contributed by atoms with van der Waals surface area (Å²) in [7, 11) is 0. The summed E-state index contributed by atoms with van der Waals surface area (Å²) in [6.45, 7) is 3.14. The van der Waals surface area contributed by atoms with Crippen molar-refractivity contribution in [1.29, 1.82) is 0 Å². The fourth-order valence-corrected chi connectivity index (χ4v) is 3.95. The molecule has 1 aliphatic rings. The number of benzene rings is 1. The van der Waals surface area contributed by atoms with Gasteiger partial charge in [-0.05, 0) is 35.9 Å². The van der Waals surface area contributed by atoms with Crippen molar-refractivity contribution in [2.75, 3.05) is 0 Å². The number of oxazole rings is 1. The van der Waals surface area contributed by atoms with Crippen molar-refractivity contribution in [3.63, 3.8) is 0 Å². The molecule has 0 radical (unpaired) electrons. The fraction of sp³-hybridized carbons (Fsp3) is 0.263. The van der Waals surface area contributed by atoms with Crippen LogP contribution in [0.5, 0.6) is 0 Å². The minimum Gasteiger partial charge on any atom is -0.440 e. The number of thiophene rings is 1. The zero-order valence-electron chi connectivity index (χ0n) is 13.9. The van der Waals surface area contributed by atoms with Crippen LogP contribution in [0.4, 0.5) is 0 Å². The molecule has 0 fully saturated rings. The Labute approximate surface area is 150 Å². The molecule has 0 spiro atoms. The Morgan fingerprint density at radius 3 is 2.84 bits per heavy atom. The number of hydrogen-bond donors (Lipinski definition) is 1. The number of nitrogens with zero attached hydrogens (tertiary/aromatic N) is 2. The third-order valence-electron chi connectivity index (χ3n) is 4.65. The monoisotopic (exact) mass is 353 g/mol. The molecule has 5 nitrogen and oxygen atoms in total. The van der Waals surface area contributed by atoms with Gasteiger partial charge in [0.15, 0.2) is 0 Å². The van der Waals surface area contributed by atoms with Crippen LogP contribution in [0.15, 0.2) is 46.2 Å². The third kappa shape index (κ3) is 3.10. The van der Waals surface area contributed by atoms with Crippen LogP contribution in [0.3, 0.4) is 0 Å². The molecule has 1 aromatic carbocycles. The van der Waals surface area contributed by atoms with Crippen LogP contribution in [0, 0.1) is 6.92 Å². The van der Waals surface area contributed by atoms with Gasteiger partial charge in [0.25, 0.3) is 0 Å². The zero-order valence-corrected chi connectivity index (χ0v) is 14.8. The molecule has 4 rings (SSSR count). The van der Waals surface area contributed by atoms with Crippen molar-refractivity contribution in [2.45, 2.75) is 32.5 Å². The van der Waals surface area contributed by atoms with E-state index in [1.807, 2.05) is 36.6 Å². The van der Waals surface area contributed by atoms with Crippen LogP contribution in [-0.2, 0) is 24.3 Å². The molecule has 2 aromatic heterocycles. The van der Waals surface area contributed by atoms with Crippen molar-refractivity contribution < 1.29 is 9.21 Å². The van der Waals surface area contributed by atoms with Gasteiger partial charge in [0, 0.05) is 13.1 Å². The van der Waals surface area contributed by atoms with Gasteiger partial charge in [-0.15, -0.1) is 11.3 Å². The predicted molar refractivity (Wildman–Crippen MR) is 96.9 cm³/mol. The highest BCUT2D eigenvalue weighted by Crippen LogP contribution is 2.29. The van der Waals surface area contributed by atoms with Crippen LogP contribution in [-0.4, -0.2) is 21.8 Å². The summed E-state index contributed by atoms with van der Waals surface area (Å²) < 4.78 is 5.82. The average Bonchev–Trinajstić information content (AvgIpc) is 3.24. The largest absolute Gasteiger partial charge is 0.440 e. The number of aryl methyl sites for hydroxylation is 1. The summed E-state index contributed by atoms with van der Waals surface area (Å²) >= 11 is 1.60.